The Morgan fingerprint density at radius 1 is 1.21 bits per heavy atom. The molecule has 1 aliphatic rings. The molecule has 0 radical (unpaired) electrons. The summed E-state index contributed by atoms with van der Waals surface area (Å²) >= 11 is 3.50. The highest BCUT2D eigenvalue weighted by Crippen LogP contribution is 2.31. The molecule has 0 aliphatic carbocycles. The Bertz CT molecular complexity index is 326. The highest BCUT2D eigenvalue weighted by Gasteiger charge is 2.13. The summed E-state index contributed by atoms with van der Waals surface area (Å²) in [4.78, 5) is 3.50. The Morgan fingerprint density at radius 2 is 1.93 bits per heavy atom. The number of hydrogen-bond donors (Lipinski definition) is 0. The van der Waals surface area contributed by atoms with Crippen LogP contribution in [0, 0.1) is 0 Å². The fraction of sp³-hybridized carbons (Fsp3) is 0.400. The van der Waals surface area contributed by atoms with Gasteiger partial charge in [-0.15, -0.1) is 0 Å². The minimum atomic E-state index is 1.10. The van der Waals surface area contributed by atoms with E-state index in [0.717, 1.165) is 9.37 Å². The van der Waals surface area contributed by atoms with E-state index in [1.54, 1.807) is 0 Å². The van der Waals surface area contributed by atoms with Crippen LogP contribution in [0.5, 0.6) is 0 Å². The predicted molar refractivity (Wildman–Crippen MR) is 67.3 cm³/mol. The van der Waals surface area contributed by atoms with E-state index in [1.807, 2.05) is 6.07 Å². The third kappa shape index (κ3) is 2.38. The van der Waals surface area contributed by atoms with Crippen molar-refractivity contribution in [2.75, 3.05) is 18.0 Å². The Morgan fingerprint density at radius 3 is 2.57 bits per heavy atom. The number of benzene rings is 1. The maximum absolute atomic E-state index is 5.75. The van der Waals surface area contributed by atoms with E-state index in [0.29, 0.717) is 0 Å². The van der Waals surface area contributed by atoms with E-state index in [1.165, 1.54) is 42.6 Å². The third-order valence-electron chi connectivity index (χ3n) is 2.42. The van der Waals surface area contributed by atoms with Crippen LogP contribution in [-0.4, -0.2) is 13.1 Å². The maximum Gasteiger partial charge on any atom is 0.0389 e. The molecular formula is C10H11BrClNS. The largest absolute Gasteiger partial charge is 0.371 e. The second kappa shape index (κ2) is 4.77. The zero-order valence-electron chi connectivity index (χ0n) is 7.67. The molecular weight excluding hydrogens is 282 g/mol. The van der Waals surface area contributed by atoms with Crippen LogP contribution in [0.3, 0.4) is 0 Å². The molecule has 0 unspecified atom stereocenters. The Hall–Kier alpha value is 0.140. The summed E-state index contributed by atoms with van der Waals surface area (Å²) in [5.41, 5.74) is 1.28. The smallest absolute Gasteiger partial charge is 0.0389 e. The van der Waals surface area contributed by atoms with Gasteiger partial charge in [-0.25, -0.2) is 0 Å². The van der Waals surface area contributed by atoms with Crippen molar-refractivity contribution in [3.8, 4) is 0 Å². The van der Waals surface area contributed by atoms with Gasteiger partial charge in [0, 0.05) is 28.1 Å². The van der Waals surface area contributed by atoms with Crippen molar-refractivity contribution < 1.29 is 0 Å². The van der Waals surface area contributed by atoms with Gasteiger partial charge in [-0.3, -0.25) is 0 Å². The van der Waals surface area contributed by atoms with Gasteiger partial charge in [-0.05, 0) is 52.7 Å². The van der Waals surface area contributed by atoms with Gasteiger partial charge in [0.15, 0.2) is 0 Å². The van der Waals surface area contributed by atoms with Crippen molar-refractivity contribution in [1.29, 1.82) is 0 Å². The standard InChI is InChI=1S/C10H11BrClNS/c11-8-5-9(7-10(6-8)14-12)13-3-1-2-4-13/h5-7H,1-4H2. The van der Waals surface area contributed by atoms with Crippen molar-refractivity contribution in [2.45, 2.75) is 17.7 Å². The molecule has 1 heterocycles. The molecule has 14 heavy (non-hydrogen) atoms. The van der Waals surface area contributed by atoms with Gasteiger partial charge in [0.05, 0.1) is 0 Å². The summed E-state index contributed by atoms with van der Waals surface area (Å²) in [5.74, 6) is 0. The molecule has 0 atom stereocenters. The summed E-state index contributed by atoms with van der Waals surface area (Å²) in [7, 11) is 7.03. The second-order valence-corrected chi connectivity index (χ2v) is 5.42. The van der Waals surface area contributed by atoms with Crippen molar-refractivity contribution in [2.24, 2.45) is 0 Å². The number of rotatable bonds is 2. The molecule has 0 aromatic heterocycles. The molecule has 0 bridgehead atoms. The summed E-state index contributed by atoms with van der Waals surface area (Å²) in [5, 5.41) is 0. The van der Waals surface area contributed by atoms with E-state index in [-0.39, 0.29) is 0 Å². The quantitative estimate of drug-likeness (QED) is 0.800. The zero-order chi connectivity index (χ0) is 9.97. The molecule has 1 fully saturated rings. The highest BCUT2D eigenvalue weighted by molar-refractivity contribution is 9.10. The van der Waals surface area contributed by atoms with Crippen LogP contribution < -0.4 is 4.90 Å². The summed E-state index contributed by atoms with van der Waals surface area (Å²) in [6.45, 7) is 2.34. The lowest BCUT2D eigenvalue weighted by Crippen LogP contribution is -2.17. The SMILES string of the molecule is ClSc1cc(Br)cc(N2CCCC2)c1. The van der Waals surface area contributed by atoms with E-state index in [4.69, 9.17) is 10.7 Å². The first-order valence-electron chi connectivity index (χ1n) is 4.64. The monoisotopic (exact) mass is 291 g/mol. The van der Waals surface area contributed by atoms with Crippen LogP contribution in [-0.2, 0) is 0 Å². The van der Waals surface area contributed by atoms with Crippen molar-refractivity contribution in [3.63, 3.8) is 0 Å². The van der Waals surface area contributed by atoms with Crippen LogP contribution in [0.25, 0.3) is 0 Å². The fourth-order valence-electron chi connectivity index (χ4n) is 1.75. The van der Waals surface area contributed by atoms with E-state index in [9.17, 15) is 0 Å². The van der Waals surface area contributed by atoms with Crippen LogP contribution >= 0.6 is 37.6 Å². The normalized spacial score (nSPS) is 16.3. The summed E-state index contributed by atoms with van der Waals surface area (Å²) in [6.07, 6.45) is 2.60. The molecule has 1 aliphatic heterocycles. The van der Waals surface area contributed by atoms with Crippen LogP contribution in [0.1, 0.15) is 12.8 Å². The topological polar surface area (TPSA) is 3.24 Å². The molecule has 1 nitrogen and oxygen atoms in total. The highest BCUT2D eigenvalue weighted by atomic mass is 79.9. The minimum absolute atomic E-state index is 1.10. The molecule has 0 N–H and O–H groups in total. The Balaban J connectivity index is 2.27. The maximum atomic E-state index is 5.75. The first-order valence-corrected chi connectivity index (χ1v) is 7.07. The zero-order valence-corrected chi connectivity index (χ0v) is 10.8. The molecule has 0 spiro atoms. The summed E-state index contributed by atoms with van der Waals surface area (Å²) < 4.78 is 1.10. The average molecular weight is 293 g/mol. The van der Waals surface area contributed by atoms with Gasteiger partial charge in [-0.2, -0.15) is 0 Å². The lowest BCUT2D eigenvalue weighted by Gasteiger charge is -2.18. The lowest BCUT2D eigenvalue weighted by molar-refractivity contribution is 0.949. The van der Waals surface area contributed by atoms with Gasteiger partial charge < -0.3 is 4.90 Å². The fourth-order valence-corrected chi connectivity index (χ4v) is 2.99. The van der Waals surface area contributed by atoms with Crippen LogP contribution in [0.4, 0.5) is 5.69 Å². The van der Waals surface area contributed by atoms with Gasteiger partial charge in [0.25, 0.3) is 0 Å². The van der Waals surface area contributed by atoms with Crippen molar-refractivity contribution in [3.05, 3.63) is 22.7 Å². The molecule has 1 aromatic carbocycles. The van der Waals surface area contributed by atoms with Crippen LogP contribution in [0.15, 0.2) is 27.6 Å². The predicted octanol–water partition coefficient (Wildman–Crippen LogP) is 4.30. The third-order valence-corrected chi connectivity index (χ3v) is 3.82. The number of anilines is 1. The lowest BCUT2D eigenvalue weighted by atomic mass is 10.3. The first-order chi connectivity index (χ1) is 6.79. The average Bonchev–Trinajstić information content (AvgIpc) is 2.69. The first kappa shape index (κ1) is 10.7. The second-order valence-electron chi connectivity index (χ2n) is 3.42. The molecule has 1 saturated heterocycles. The van der Waals surface area contributed by atoms with Crippen molar-refractivity contribution in [1.82, 2.24) is 0 Å². The number of hydrogen-bond acceptors (Lipinski definition) is 2. The minimum Gasteiger partial charge on any atom is -0.371 e. The van der Waals surface area contributed by atoms with Gasteiger partial charge >= 0.3 is 0 Å². The Kier molecular flexibility index (Phi) is 3.63. The van der Waals surface area contributed by atoms with E-state index >= 15 is 0 Å². The molecule has 76 valence electrons. The molecule has 0 saturated carbocycles. The molecule has 2 rings (SSSR count). The van der Waals surface area contributed by atoms with Crippen LogP contribution in [0.2, 0.25) is 0 Å². The van der Waals surface area contributed by atoms with Crippen molar-refractivity contribution >= 4 is 43.3 Å². The molecule has 4 heteroatoms. The Labute approximate surface area is 101 Å². The van der Waals surface area contributed by atoms with E-state index < -0.39 is 0 Å². The molecule has 0 amide bonds. The summed E-state index contributed by atoms with van der Waals surface area (Å²) in [6, 6.07) is 6.34. The van der Waals surface area contributed by atoms with Gasteiger partial charge in [-0.1, -0.05) is 15.9 Å². The number of halogens is 2. The van der Waals surface area contributed by atoms with Gasteiger partial charge in [0.1, 0.15) is 0 Å². The number of nitrogens with zero attached hydrogens (tertiary/aromatic N) is 1. The van der Waals surface area contributed by atoms with E-state index in [2.05, 4.69) is 33.0 Å². The molecule has 1 aromatic rings. The van der Waals surface area contributed by atoms with Gasteiger partial charge in [0.2, 0.25) is 0 Å².